The molecular weight excluding hydrogens is 368 g/mol. The summed E-state index contributed by atoms with van der Waals surface area (Å²) in [6, 6.07) is 0. The number of aryl methyl sites for hydroxylation is 1. The Morgan fingerprint density at radius 1 is 1.42 bits per heavy atom. The Hall–Kier alpha value is -2.26. The lowest BCUT2D eigenvalue weighted by Crippen LogP contribution is -2.39. The predicted octanol–water partition coefficient (Wildman–Crippen LogP) is 2.75. The van der Waals surface area contributed by atoms with Gasteiger partial charge in [0.15, 0.2) is 5.13 Å². The van der Waals surface area contributed by atoms with E-state index in [4.69, 9.17) is 5.73 Å². The van der Waals surface area contributed by atoms with Crippen molar-refractivity contribution < 1.29 is 4.79 Å². The predicted molar refractivity (Wildman–Crippen MR) is 103 cm³/mol. The van der Waals surface area contributed by atoms with Crippen LogP contribution in [0.3, 0.4) is 0 Å². The largest absolute Gasteiger partial charge is 0.375 e. The first-order chi connectivity index (χ1) is 12.6. The second-order valence-electron chi connectivity index (χ2n) is 6.45. The summed E-state index contributed by atoms with van der Waals surface area (Å²) in [6.07, 6.45) is 5.81. The second-order valence-corrected chi connectivity index (χ2v) is 8.20. The van der Waals surface area contributed by atoms with Crippen LogP contribution in [0.25, 0.3) is 0 Å². The number of hydrogen-bond donors (Lipinski definition) is 1. The minimum atomic E-state index is 0.0269. The molecule has 3 aromatic heterocycles. The van der Waals surface area contributed by atoms with E-state index in [-0.39, 0.29) is 11.8 Å². The quantitative estimate of drug-likeness (QED) is 0.742. The number of thiazole rings is 2. The average Bonchev–Trinajstić information content (AvgIpc) is 3.37. The van der Waals surface area contributed by atoms with Gasteiger partial charge in [0.05, 0.1) is 23.4 Å². The Bertz CT molecular complexity index is 900. The maximum absolute atomic E-state index is 12.9. The first-order valence-electron chi connectivity index (χ1n) is 8.52. The molecule has 7 nitrogen and oxygen atoms in total. The average molecular weight is 389 g/mol. The molecule has 0 saturated carbocycles. The molecule has 0 bridgehead atoms. The molecule has 0 aromatic carbocycles. The third-order valence-corrected chi connectivity index (χ3v) is 6.25. The molecule has 0 unspecified atom stereocenters. The fraction of sp³-hybridized carbons (Fsp3) is 0.412. The van der Waals surface area contributed by atoms with Crippen LogP contribution in [0.15, 0.2) is 23.3 Å². The second kappa shape index (κ2) is 7.16. The number of amides is 1. The van der Waals surface area contributed by atoms with Crippen LogP contribution in [-0.2, 0) is 6.54 Å². The van der Waals surface area contributed by atoms with Crippen molar-refractivity contribution in [2.45, 2.75) is 32.2 Å². The van der Waals surface area contributed by atoms with E-state index in [0.717, 1.165) is 30.9 Å². The highest BCUT2D eigenvalue weighted by atomic mass is 32.1. The van der Waals surface area contributed by atoms with E-state index in [2.05, 4.69) is 24.9 Å². The van der Waals surface area contributed by atoms with Crippen molar-refractivity contribution in [1.82, 2.24) is 24.4 Å². The van der Waals surface area contributed by atoms with Gasteiger partial charge in [-0.15, -0.1) is 11.3 Å². The number of nitrogen functional groups attached to an aromatic ring is 1. The maximum atomic E-state index is 12.9. The molecule has 136 valence electrons. The molecule has 0 aliphatic carbocycles. The lowest BCUT2D eigenvalue weighted by molar-refractivity contribution is 0.0707. The maximum Gasteiger partial charge on any atom is 0.265 e. The number of nitrogens with two attached hydrogens (primary N) is 1. The van der Waals surface area contributed by atoms with Crippen molar-refractivity contribution in [3.05, 3.63) is 45.4 Å². The summed E-state index contributed by atoms with van der Waals surface area (Å²) in [5.41, 5.74) is 9.35. The summed E-state index contributed by atoms with van der Waals surface area (Å²) in [6.45, 7) is 3.99. The Kier molecular flexibility index (Phi) is 4.73. The van der Waals surface area contributed by atoms with Gasteiger partial charge in [-0.25, -0.2) is 15.0 Å². The van der Waals surface area contributed by atoms with Crippen LogP contribution in [0.5, 0.6) is 0 Å². The minimum Gasteiger partial charge on any atom is -0.375 e. The first-order valence-corrected chi connectivity index (χ1v) is 10.3. The Morgan fingerprint density at radius 3 is 3.04 bits per heavy atom. The number of nitrogens with zero attached hydrogens (tertiary/aromatic N) is 5. The summed E-state index contributed by atoms with van der Waals surface area (Å²) in [7, 11) is 0. The summed E-state index contributed by atoms with van der Waals surface area (Å²) in [5.74, 6) is 1.28. The third kappa shape index (κ3) is 3.36. The third-order valence-electron chi connectivity index (χ3n) is 4.64. The molecule has 0 spiro atoms. The van der Waals surface area contributed by atoms with Crippen LogP contribution in [-0.4, -0.2) is 43.4 Å². The molecule has 1 aliphatic heterocycles. The highest BCUT2D eigenvalue weighted by Crippen LogP contribution is 2.29. The van der Waals surface area contributed by atoms with Crippen molar-refractivity contribution in [2.24, 2.45) is 0 Å². The van der Waals surface area contributed by atoms with Crippen molar-refractivity contribution >= 4 is 33.7 Å². The Balaban J connectivity index is 1.51. The molecule has 26 heavy (non-hydrogen) atoms. The number of imidazole rings is 1. The van der Waals surface area contributed by atoms with E-state index >= 15 is 0 Å². The van der Waals surface area contributed by atoms with Gasteiger partial charge in [0.1, 0.15) is 10.7 Å². The number of hydrogen-bond acceptors (Lipinski definition) is 7. The minimum absolute atomic E-state index is 0.0269. The van der Waals surface area contributed by atoms with Gasteiger partial charge in [0, 0.05) is 36.8 Å². The lowest BCUT2D eigenvalue weighted by Gasteiger charge is -2.32. The number of rotatable bonds is 4. The van der Waals surface area contributed by atoms with E-state index in [9.17, 15) is 4.79 Å². The van der Waals surface area contributed by atoms with Crippen LogP contribution in [0.1, 0.15) is 45.6 Å². The van der Waals surface area contributed by atoms with E-state index in [1.165, 1.54) is 11.3 Å². The summed E-state index contributed by atoms with van der Waals surface area (Å²) in [4.78, 5) is 28.6. The van der Waals surface area contributed by atoms with Crippen molar-refractivity contribution in [3.8, 4) is 0 Å². The van der Waals surface area contributed by atoms with Crippen LogP contribution < -0.4 is 5.73 Å². The van der Waals surface area contributed by atoms with Crippen LogP contribution in [0.2, 0.25) is 0 Å². The highest BCUT2D eigenvalue weighted by molar-refractivity contribution is 7.17. The van der Waals surface area contributed by atoms with E-state index in [0.29, 0.717) is 28.8 Å². The molecule has 9 heteroatoms. The van der Waals surface area contributed by atoms with Gasteiger partial charge in [0.25, 0.3) is 5.91 Å². The van der Waals surface area contributed by atoms with Gasteiger partial charge >= 0.3 is 0 Å². The zero-order chi connectivity index (χ0) is 18.1. The van der Waals surface area contributed by atoms with E-state index in [1.54, 1.807) is 11.3 Å². The van der Waals surface area contributed by atoms with Gasteiger partial charge in [-0.2, -0.15) is 0 Å². The SMILES string of the molecule is Cc1nc(N)sc1C(=O)N1CCC[C@H](c2nccn2Cc2cscn2)C1. The first kappa shape index (κ1) is 17.2. The normalized spacial score (nSPS) is 17.6. The van der Waals surface area contributed by atoms with Crippen LogP contribution in [0.4, 0.5) is 5.13 Å². The van der Waals surface area contributed by atoms with E-state index in [1.807, 2.05) is 29.7 Å². The van der Waals surface area contributed by atoms with Crippen LogP contribution in [0, 0.1) is 6.92 Å². The topological polar surface area (TPSA) is 89.9 Å². The highest BCUT2D eigenvalue weighted by Gasteiger charge is 2.29. The number of aromatic nitrogens is 4. The zero-order valence-corrected chi connectivity index (χ0v) is 16.1. The van der Waals surface area contributed by atoms with Gasteiger partial charge in [0.2, 0.25) is 0 Å². The van der Waals surface area contributed by atoms with Crippen molar-refractivity contribution in [1.29, 1.82) is 0 Å². The number of carbonyl (C=O) groups is 1. The van der Waals surface area contributed by atoms with Gasteiger partial charge in [-0.3, -0.25) is 4.79 Å². The zero-order valence-electron chi connectivity index (χ0n) is 14.5. The van der Waals surface area contributed by atoms with Gasteiger partial charge in [-0.05, 0) is 19.8 Å². The monoisotopic (exact) mass is 388 g/mol. The molecule has 1 amide bonds. The molecule has 2 N–H and O–H groups in total. The smallest absolute Gasteiger partial charge is 0.265 e. The Morgan fingerprint density at radius 2 is 2.31 bits per heavy atom. The summed E-state index contributed by atoms with van der Waals surface area (Å²) < 4.78 is 2.14. The molecular formula is C17H20N6OS2. The fourth-order valence-electron chi connectivity index (χ4n) is 3.44. The fourth-order valence-corrected chi connectivity index (χ4v) is 4.79. The Labute approximate surface area is 159 Å². The van der Waals surface area contributed by atoms with Gasteiger partial charge < -0.3 is 15.2 Å². The molecule has 1 atom stereocenters. The van der Waals surface area contributed by atoms with Crippen LogP contribution >= 0.6 is 22.7 Å². The number of carbonyl (C=O) groups excluding carboxylic acids is 1. The number of likely N-dealkylation sites (tertiary alicyclic amines) is 1. The number of anilines is 1. The molecule has 0 radical (unpaired) electrons. The lowest BCUT2D eigenvalue weighted by atomic mass is 9.97. The van der Waals surface area contributed by atoms with Gasteiger partial charge in [-0.1, -0.05) is 11.3 Å². The van der Waals surface area contributed by atoms with Crippen molar-refractivity contribution in [2.75, 3.05) is 18.8 Å². The molecule has 3 aromatic rings. The summed E-state index contributed by atoms with van der Waals surface area (Å²) in [5, 5.41) is 2.50. The molecule has 4 rings (SSSR count). The standard InChI is InChI=1S/C17H20N6OS2/c1-11-14(26-17(18)21-11)16(24)23-5-2-3-12(7-23)15-19-4-6-22(15)8-13-9-25-10-20-13/h4,6,9-10,12H,2-3,5,7-8H2,1H3,(H2,18,21)/t12-/m0/s1. The summed E-state index contributed by atoms with van der Waals surface area (Å²) >= 11 is 2.86. The van der Waals surface area contributed by atoms with Crippen molar-refractivity contribution in [3.63, 3.8) is 0 Å². The van der Waals surface area contributed by atoms with E-state index < -0.39 is 0 Å². The molecule has 1 saturated heterocycles. The molecule has 1 aliphatic rings. The number of piperidine rings is 1. The molecule has 4 heterocycles. The molecule has 1 fully saturated rings.